The maximum absolute atomic E-state index is 4.93. The van der Waals surface area contributed by atoms with Crippen LogP contribution in [0.4, 0.5) is 5.82 Å². The SMILES string of the molecule is c1ccn2c(CNC3CC3)c(N3CCCCCC3)nc2c1. The van der Waals surface area contributed by atoms with Crippen molar-refractivity contribution < 1.29 is 0 Å². The van der Waals surface area contributed by atoms with E-state index in [0.29, 0.717) is 0 Å². The summed E-state index contributed by atoms with van der Waals surface area (Å²) in [4.78, 5) is 7.43. The van der Waals surface area contributed by atoms with Crippen LogP contribution in [0.1, 0.15) is 44.2 Å². The average molecular weight is 284 g/mol. The number of hydrogen-bond donors (Lipinski definition) is 1. The largest absolute Gasteiger partial charge is 0.355 e. The van der Waals surface area contributed by atoms with Gasteiger partial charge in [0.15, 0.2) is 5.82 Å². The fourth-order valence-corrected chi connectivity index (χ4v) is 3.26. The molecule has 2 aromatic heterocycles. The quantitative estimate of drug-likeness (QED) is 0.937. The van der Waals surface area contributed by atoms with Crippen LogP contribution in [0.25, 0.3) is 5.65 Å². The number of imidazole rings is 1. The smallest absolute Gasteiger partial charge is 0.152 e. The number of fused-ring (bicyclic) bond motifs is 1. The molecule has 1 N–H and O–H groups in total. The summed E-state index contributed by atoms with van der Waals surface area (Å²) in [5, 5.41) is 3.66. The minimum absolute atomic E-state index is 0.733. The molecular weight excluding hydrogens is 260 g/mol. The lowest BCUT2D eigenvalue weighted by molar-refractivity contribution is 0.664. The van der Waals surface area contributed by atoms with E-state index >= 15 is 0 Å². The molecule has 21 heavy (non-hydrogen) atoms. The molecule has 0 aromatic carbocycles. The second-order valence-electron chi connectivity index (χ2n) is 6.37. The summed E-state index contributed by atoms with van der Waals surface area (Å²) in [6.07, 6.45) is 10.1. The fourth-order valence-electron chi connectivity index (χ4n) is 3.26. The first-order valence-electron chi connectivity index (χ1n) is 8.36. The molecule has 0 bridgehead atoms. The zero-order valence-corrected chi connectivity index (χ0v) is 12.6. The van der Waals surface area contributed by atoms with E-state index < -0.39 is 0 Å². The number of pyridine rings is 1. The Morgan fingerprint density at radius 2 is 1.90 bits per heavy atom. The van der Waals surface area contributed by atoms with E-state index in [-0.39, 0.29) is 0 Å². The van der Waals surface area contributed by atoms with E-state index in [2.05, 4.69) is 39.0 Å². The van der Waals surface area contributed by atoms with Crippen molar-refractivity contribution in [3.05, 3.63) is 30.1 Å². The van der Waals surface area contributed by atoms with Gasteiger partial charge >= 0.3 is 0 Å². The molecule has 4 rings (SSSR count). The van der Waals surface area contributed by atoms with Crippen molar-refractivity contribution in [2.24, 2.45) is 0 Å². The minimum Gasteiger partial charge on any atom is -0.355 e. The summed E-state index contributed by atoms with van der Waals surface area (Å²) in [5.74, 6) is 1.20. The first-order chi connectivity index (χ1) is 10.4. The van der Waals surface area contributed by atoms with E-state index in [4.69, 9.17) is 4.98 Å². The predicted octanol–water partition coefficient (Wildman–Crippen LogP) is 2.97. The third kappa shape index (κ3) is 2.77. The lowest BCUT2D eigenvalue weighted by Crippen LogP contribution is -2.27. The van der Waals surface area contributed by atoms with Crippen molar-refractivity contribution in [2.45, 2.75) is 51.1 Å². The first kappa shape index (κ1) is 13.1. The van der Waals surface area contributed by atoms with Crippen molar-refractivity contribution in [3.8, 4) is 0 Å². The number of anilines is 1. The van der Waals surface area contributed by atoms with E-state index in [9.17, 15) is 0 Å². The van der Waals surface area contributed by atoms with E-state index in [1.54, 1.807) is 0 Å². The van der Waals surface area contributed by atoms with Crippen LogP contribution in [0.3, 0.4) is 0 Å². The van der Waals surface area contributed by atoms with Gasteiger partial charge in [-0.3, -0.25) is 0 Å². The molecule has 1 aliphatic carbocycles. The van der Waals surface area contributed by atoms with Crippen LogP contribution in [-0.4, -0.2) is 28.5 Å². The summed E-state index contributed by atoms with van der Waals surface area (Å²) < 4.78 is 2.26. The average Bonchev–Trinajstić information content (AvgIpc) is 3.30. The van der Waals surface area contributed by atoms with Crippen LogP contribution in [0.2, 0.25) is 0 Å². The number of nitrogens with zero attached hydrogens (tertiary/aromatic N) is 3. The minimum atomic E-state index is 0.733. The highest BCUT2D eigenvalue weighted by Crippen LogP contribution is 2.26. The summed E-state index contributed by atoms with van der Waals surface area (Å²) in [6.45, 7) is 3.24. The Morgan fingerprint density at radius 3 is 2.67 bits per heavy atom. The standard InChI is InChI=1S/C17H24N4/c1-2-5-11-20(10-4-1)17-15(13-18-14-8-9-14)21-12-6-3-7-16(21)19-17/h3,6-7,12,14,18H,1-2,4-5,8-11,13H2. The van der Waals surface area contributed by atoms with Crippen molar-refractivity contribution in [1.82, 2.24) is 14.7 Å². The number of aromatic nitrogens is 2. The van der Waals surface area contributed by atoms with Gasteiger partial charge < -0.3 is 14.6 Å². The first-order valence-corrected chi connectivity index (χ1v) is 8.36. The zero-order chi connectivity index (χ0) is 14.1. The number of nitrogens with one attached hydrogen (secondary N) is 1. The molecule has 4 heteroatoms. The molecule has 1 saturated heterocycles. The molecule has 0 atom stereocenters. The van der Waals surface area contributed by atoms with Crippen LogP contribution < -0.4 is 10.2 Å². The summed E-state index contributed by atoms with van der Waals surface area (Å²) >= 11 is 0. The van der Waals surface area contributed by atoms with Gasteiger partial charge in [0.05, 0.1) is 5.69 Å². The molecule has 1 aliphatic heterocycles. The zero-order valence-electron chi connectivity index (χ0n) is 12.6. The molecule has 112 valence electrons. The Hall–Kier alpha value is -1.55. The molecule has 4 nitrogen and oxygen atoms in total. The van der Waals surface area contributed by atoms with E-state index in [0.717, 1.165) is 31.3 Å². The Morgan fingerprint density at radius 1 is 1.10 bits per heavy atom. The van der Waals surface area contributed by atoms with Gasteiger partial charge in [-0.05, 0) is 37.8 Å². The topological polar surface area (TPSA) is 32.6 Å². The molecular formula is C17H24N4. The van der Waals surface area contributed by atoms with Crippen LogP contribution in [-0.2, 0) is 6.54 Å². The highest BCUT2D eigenvalue weighted by Gasteiger charge is 2.23. The van der Waals surface area contributed by atoms with Crippen LogP contribution in [0.15, 0.2) is 24.4 Å². The summed E-state index contributed by atoms with van der Waals surface area (Å²) in [6, 6.07) is 7.02. The molecule has 0 spiro atoms. The van der Waals surface area contributed by atoms with Gasteiger partial charge in [-0.25, -0.2) is 4.98 Å². The lowest BCUT2D eigenvalue weighted by atomic mass is 10.2. The lowest BCUT2D eigenvalue weighted by Gasteiger charge is -2.21. The van der Waals surface area contributed by atoms with Crippen LogP contribution in [0, 0.1) is 0 Å². The highest BCUT2D eigenvalue weighted by molar-refractivity contribution is 5.56. The van der Waals surface area contributed by atoms with Crippen LogP contribution >= 0.6 is 0 Å². The Labute approximate surface area is 126 Å². The van der Waals surface area contributed by atoms with Crippen molar-refractivity contribution in [3.63, 3.8) is 0 Å². The van der Waals surface area contributed by atoms with Crippen molar-refractivity contribution in [1.29, 1.82) is 0 Å². The summed E-state index contributed by atoms with van der Waals surface area (Å²) in [7, 11) is 0. The Balaban J connectivity index is 1.68. The highest BCUT2D eigenvalue weighted by atomic mass is 15.2. The Bertz CT molecular complexity index is 606. The van der Waals surface area contributed by atoms with Crippen molar-refractivity contribution >= 4 is 11.5 Å². The van der Waals surface area contributed by atoms with Crippen LogP contribution in [0.5, 0.6) is 0 Å². The molecule has 1 saturated carbocycles. The van der Waals surface area contributed by atoms with Crippen molar-refractivity contribution in [2.75, 3.05) is 18.0 Å². The monoisotopic (exact) mass is 284 g/mol. The van der Waals surface area contributed by atoms with Gasteiger partial charge in [-0.1, -0.05) is 18.9 Å². The molecule has 2 aromatic rings. The molecule has 2 aliphatic rings. The fraction of sp³-hybridized carbons (Fsp3) is 0.588. The predicted molar refractivity (Wildman–Crippen MR) is 85.7 cm³/mol. The van der Waals surface area contributed by atoms with E-state index in [1.165, 1.54) is 50.0 Å². The second-order valence-corrected chi connectivity index (χ2v) is 6.37. The summed E-state index contributed by atoms with van der Waals surface area (Å²) in [5.41, 5.74) is 2.41. The van der Waals surface area contributed by atoms with Gasteiger partial charge in [0.2, 0.25) is 0 Å². The molecule has 0 radical (unpaired) electrons. The third-order valence-electron chi connectivity index (χ3n) is 4.65. The van der Waals surface area contributed by atoms with Gasteiger partial charge in [-0.15, -0.1) is 0 Å². The number of hydrogen-bond acceptors (Lipinski definition) is 3. The van der Waals surface area contributed by atoms with Gasteiger partial charge in [0.1, 0.15) is 5.65 Å². The maximum Gasteiger partial charge on any atom is 0.152 e. The van der Waals surface area contributed by atoms with Gasteiger partial charge in [0, 0.05) is 31.9 Å². The maximum atomic E-state index is 4.93. The van der Waals surface area contributed by atoms with E-state index in [1.807, 2.05) is 0 Å². The van der Waals surface area contributed by atoms with Gasteiger partial charge in [0.25, 0.3) is 0 Å². The molecule has 0 unspecified atom stereocenters. The number of rotatable bonds is 4. The normalized spacial score (nSPS) is 19.9. The third-order valence-corrected chi connectivity index (χ3v) is 4.65. The Kier molecular flexibility index (Phi) is 3.55. The second kappa shape index (κ2) is 5.68. The molecule has 3 heterocycles. The molecule has 2 fully saturated rings. The molecule has 0 amide bonds. The van der Waals surface area contributed by atoms with Gasteiger partial charge in [-0.2, -0.15) is 0 Å².